The minimum Gasteiger partial charge on any atom is -0.417 e. The van der Waals surface area contributed by atoms with Crippen LogP contribution in [0.25, 0.3) is 17.7 Å². The van der Waals surface area contributed by atoms with E-state index in [2.05, 4.69) is 87.3 Å². The van der Waals surface area contributed by atoms with E-state index in [0.717, 1.165) is 19.4 Å². The van der Waals surface area contributed by atoms with Crippen LogP contribution in [0.2, 0.25) is 19.6 Å². The zero-order valence-corrected chi connectivity index (χ0v) is 17.8. The molecule has 0 heterocycles. The van der Waals surface area contributed by atoms with Gasteiger partial charge in [0.15, 0.2) is 8.32 Å². The predicted octanol–water partition coefficient (Wildman–Crippen LogP) is 4.87. The quantitative estimate of drug-likeness (QED) is 0.581. The third-order valence-corrected chi connectivity index (χ3v) is 6.45. The summed E-state index contributed by atoms with van der Waals surface area (Å²) in [6.45, 7) is 9.74. The highest BCUT2D eigenvalue weighted by Crippen LogP contribution is 2.32. The van der Waals surface area contributed by atoms with Crippen molar-refractivity contribution < 1.29 is 4.43 Å². The normalized spacial score (nSPS) is 15.9. The van der Waals surface area contributed by atoms with Crippen LogP contribution in [0, 0.1) is 10.4 Å². The van der Waals surface area contributed by atoms with E-state index in [0.29, 0.717) is 0 Å². The van der Waals surface area contributed by atoms with Gasteiger partial charge in [-0.25, -0.2) is 0 Å². The second-order valence-corrected chi connectivity index (χ2v) is 12.8. The van der Waals surface area contributed by atoms with Crippen molar-refractivity contribution in [1.29, 1.82) is 0 Å². The predicted molar refractivity (Wildman–Crippen MR) is 118 cm³/mol. The molecule has 138 valence electrons. The molecule has 0 unspecified atom stereocenters. The van der Waals surface area contributed by atoms with Crippen molar-refractivity contribution in [1.82, 2.24) is 0 Å². The fourth-order valence-corrected chi connectivity index (χ4v) is 4.85. The smallest absolute Gasteiger partial charge is 0.183 e. The molecule has 27 heavy (non-hydrogen) atoms. The zero-order valence-electron chi connectivity index (χ0n) is 16.8. The largest absolute Gasteiger partial charge is 0.417 e. The molecule has 0 aliphatic heterocycles. The first-order valence-corrected chi connectivity index (χ1v) is 13.3. The van der Waals surface area contributed by atoms with E-state index >= 15 is 0 Å². The molecule has 0 bridgehead atoms. The van der Waals surface area contributed by atoms with E-state index in [9.17, 15) is 0 Å². The van der Waals surface area contributed by atoms with Crippen LogP contribution in [0.3, 0.4) is 0 Å². The zero-order chi connectivity index (χ0) is 19.0. The Labute approximate surface area is 162 Å². The SMILES string of the molecule is CC=c1ccc2c(c1C1=C(CCO[Si](C)(C)C)C=CC1)C=c1ccccc1=2. The van der Waals surface area contributed by atoms with E-state index < -0.39 is 8.32 Å². The summed E-state index contributed by atoms with van der Waals surface area (Å²) in [7, 11) is -1.47. The van der Waals surface area contributed by atoms with Gasteiger partial charge in [-0.15, -0.1) is 0 Å². The Balaban J connectivity index is 1.85. The molecule has 0 atom stereocenters. The number of allylic oxidation sites excluding steroid dienone is 3. The van der Waals surface area contributed by atoms with E-state index in [-0.39, 0.29) is 0 Å². The average Bonchev–Trinajstić information content (AvgIpc) is 3.24. The number of hydrogen-bond donors (Lipinski definition) is 0. The van der Waals surface area contributed by atoms with Crippen LogP contribution >= 0.6 is 0 Å². The molecule has 2 aliphatic rings. The lowest BCUT2D eigenvalue weighted by atomic mass is 9.92. The summed E-state index contributed by atoms with van der Waals surface area (Å²) in [6, 6.07) is 13.3. The minimum atomic E-state index is -1.47. The van der Waals surface area contributed by atoms with Crippen molar-refractivity contribution in [3.8, 4) is 0 Å². The molecule has 0 fully saturated rings. The van der Waals surface area contributed by atoms with Gasteiger partial charge < -0.3 is 4.43 Å². The standard InChI is InChI=1S/C25H28OSi/c1-5-18-13-14-23-21-11-7-6-9-20(21)17-24(23)25(18)22-12-8-10-19(22)15-16-26-27(2,3)4/h5-11,13-14,17H,12,15-16H2,1-4H3. The van der Waals surface area contributed by atoms with Gasteiger partial charge in [0.05, 0.1) is 0 Å². The Hall–Kier alpha value is -2.16. The lowest BCUT2D eigenvalue weighted by molar-refractivity contribution is 0.317. The fourth-order valence-electron chi connectivity index (χ4n) is 4.14. The molecule has 2 aromatic carbocycles. The van der Waals surface area contributed by atoms with Gasteiger partial charge in [0, 0.05) is 6.61 Å². The van der Waals surface area contributed by atoms with Crippen LogP contribution in [0.4, 0.5) is 0 Å². The number of fused-ring (bicyclic) bond motifs is 2. The minimum absolute atomic E-state index is 0.822. The van der Waals surface area contributed by atoms with Crippen LogP contribution in [0.15, 0.2) is 54.1 Å². The first-order chi connectivity index (χ1) is 13.0. The van der Waals surface area contributed by atoms with Gasteiger partial charge in [0.25, 0.3) is 0 Å². The molecule has 2 heteroatoms. The van der Waals surface area contributed by atoms with E-state index in [1.165, 1.54) is 43.1 Å². The highest BCUT2D eigenvalue weighted by atomic mass is 28.4. The molecular weight excluding hydrogens is 344 g/mol. The van der Waals surface area contributed by atoms with E-state index in [1.807, 2.05) is 0 Å². The van der Waals surface area contributed by atoms with Crippen molar-refractivity contribution in [3.63, 3.8) is 0 Å². The summed E-state index contributed by atoms with van der Waals surface area (Å²) < 4.78 is 6.13. The molecule has 0 aromatic heterocycles. The number of rotatable bonds is 5. The molecule has 0 spiro atoms. The van der Waals surface area contributed by atoms with Crippen LogP contribution < -0.4 is 10.4 Å². The van der Waals surface area contributed by atoms with Crippen molar-refractivity contribution in [2.24, 2.45) is 0 Å². The average molecular weight is 373 g/mol. The Bertz CT molecular complexity index is 1160. The van der Waals surface area contributed by atoms with Crippen molar-refractivity contribution in [3.05, 3.63) is 86.1 Å². The van der Waals surface area contributed by atoms with Crippen molar-refractivity contribution >= 4 is 26.0 Å². The first-order valence-electron chi connectivity index (χ1n) is 9.91. The third kappa shape index (κ3) is 3.52. The Morgan fingerprint density at radius 2 is 1.85 bits per heavy atom. The molecule has 1 nitrogen and oxygen atoms in total. The summed E-state index contributed by atoms with van der Waals surface area (Å²) in [5.41, 5.74) is 5.71. The Morgan fingerprint density at radius 1 is 1.04 bits per heavy atom. The summed E-state index contributed by atoms with van der Waals surface area (Å²) in [6.07, 6.45) is 11.2. The van der Waals surface area contributed by atoms with Crippen LogP contribution in [0.1, 0.15) is 30.9 Å². The second kappa shape index (κ2) is 7.10. The highest BCUT2D eigenvalue weighted by Gasteiger charge is 2.19. The maximum Gasteiger partial charge on any atom is 0.183 e. The summed E-state index contributed by atoms with van der Waals surface area (Å²) in [5.74, 6) is 0. The lowest BCUT2D eigenvalue weighted by Gasteiger charge is -2.18. The lowest BCUT2D eigenvalue weighted by Crippen LogP contribution is -2.25. The van der Waals surface area contributed by atoms with Gasteiger partial charge >= 0.3 is 0 Å². The van der Waals surface area contributed by atoms with Gasteiger partial charge in [-0.05, 0) is 88.6 Å². The Morgan fingerprint density at radius 3 is 2.63 bits per heavy atom. The van der Waals surface area contributed by atoms with Gasteiger partial charge in [0.1, 0.15) is 0 Å². The molecule has 2 aliphatic carbocycles. The molecule has 4 rings (SSSR count). The molecule has 0 N–H and O–H groups in total. The van der Waals surface area contributed by atoms with E-state index in [4.69, 9.17) is 4.43 Å². The second-order valence-electron chi connectivity index (χ2n) is 8.33. The topological polar surface area (TPSA) is 9.23 Å². The van der Waals surface area contributed by atoms with Crippen LogP contribution in [-0.4, -0.2) is 14.9 Å². The molecular formula is C25H28OSi. The van der Waals surface area contributed by atoms with Gasteiger partial charge in [-0.2, -0.15) is 0 Å². The van der Waals surface area contributed by atoms with Gasteiger partial charge in [-0.3, -0.25) is 0 Å². The third-order valence-electron chi connectivity index (χ3n) is 5.38. The van der Waals surface area contributed by atoms with Crippen LogP contribution in [0.5, 0.6) is 0 Å². The molecule has 0 amide bonds. The van der Waals surface area contributed by atoms with Crippen LogP contribution in [-0.2, 0) is 4.43 Å². The summed E-state index contributed by atoms with van der Waals surface area (Å²) in [4.78, 5) is 0. The van der Waals surface area contributed by atoms with Crippen molar-refractivity contribution in [2.75, 3.05) is 6.61 Å². The van der Waals surface area contributed by atoms with Crippen molar-refractivity contribution in [2.45, 2.75) is 39.4 Å². The Kier molecular flexibility index (Phi) is 4.79. The number of benzene rings is 2. The van der Waals surface area contributed by atoms with Gasteiger partial charge in [-0.1, -0.05) is 54.6 Å². The summed E-state index contributed by atoms with van der Waals surface area (Å²) >= 11 is 0. The maximum atomic E-state index is 6.13. The highest BCUT2D eigenvalue weighted by molar-refractivity contribution is 6.69. The summed E-state index contributed by atoms with van der Waals surface area (Å²) in [5, 5.41) is 5.38. The molecule has 0 radical (unpaired) electrons. The van der Waals surface area contributed by atoms with Gasteiger partial charge in [0.2, 0.25) is 0 Å². The number of hydrogen-bond acceptors (Lipinski definition) is 1. The van der Waals surface area contributed by atoms with E-state index in [1.54, 1.807) is 0 Å². The monoisotopic (exact) mass is 372 g/mol. The maximum absolute atomic E-state index is 6.13. The molecule has 0 saturated heterocycles. The molecule has 2 aromatic rings. The fraction of sp³-hybridized carbons (Fsp3) is 0.280. The first kappa shape index (κ1) is 18.2. The molecule has 0 saturated carbocycles.